The van der Waals surface area contributed by atoms with Crippen LogP contribution in [0.3, 0.4) is 0 Å². The summed E-state index contributed by atoms with van der Waals surface area (Å²) in [5.41, 5.74) is 2.72. The van der Waals surface area contributed by atoms with Crippen molar-refractivity contribution in [1.29, 1.82) is 0 Å². The van der Waals surface area contributed by atoms with Gasteiger partial charge in [0.05, 0.1) is 0 Å². The number of nitrogens with one attached hydrogen (secondary N) is 5. The average molecular weight is 470 g/mol. The lowest BCUT2D eigenvalue weighted by molar-refractivity contribution is 0.557. The molecule has 0 radical (unpaired) electrons. The molecule has 0 fully saturated rings. The van der Waals surface area contributed by atoms with Crippen molar-refractivity contribution in [2.45, 2.75) is 13.1 Å². The molecule has 35 heavy (non-hydrogen) atoms. The van der Waals surface area contributed by atoms with Crippen molar-refractivity contribution < 1.29 is 0 Å². The molecule has 0 bridgehead atoms. The predicted molar refractivity (Wildman–Crippen MR) is 150 cm³/mol. The van der Waals surface area contributed by atoms with Gasteiger partial charge in [-0.2, -0.15) is 0 Å². The molecule has 4 rings (SSSR count). The maximum Gasteiger partial charge on any atom is 0.0218 e. The standard InChI is InChI=1S/C30H39N5/c1-2-8-25(9-3-1)23-34-20-18-32-16-14-31-15-17-33-19-21-35-24-30-28-12-6-4-10-26(28)22-27-11-5-7-13-29(27)30/h1-13,22,31-35H,14-21,23-24H2. The third kappa shape index (κ3) is 8.13. The molecular weight excluding hydrogens is 430 g/mol. The van der Waals surface area contributed by atoms with Gasteiger partial charge in [-0.25, -0.2) is 0 Å². The Labute approximate surface area is 209 Å². The normalized spacial score (nSPS) is 11.4. The van der Waals surface area contributed by atoms with E-state index in [1.165, 1.54) is 32.7 Å². The van der Waals surface area contributed by atoms with Gasteiger partial charge in [0, 0.05) is 65.4 Å². The predicted octanol–water partition coefficient (Wildman–Crippen LogP) is 3.64. The summed E-state index contributed by atoms with van der Waals surface area (Å²) in [5.74, 6) is 0. The van der Waals surface area contributed by atoms with E-state index in [0.29, 0.717) is 0 Å². The number of benzene rings is 4. The van der Waals surface area contributed by atoms with Crippen molar-refractivity contribution in [3.8, 4) is 0 Å². The second-order valence-corrected chi connectivity index (χ2v) is 8.89. The summed E-state index contributed by atoms with van der Waals surface area (Å²) >= 11 is 0. The van der Waals surface area contributed by atoms with Gasteiger partial charge in [-0.1, -0.05) is 78.9 Å². The third-order valence-electron chi connectivity index (χ3n) is 6.27. The van der Waals surface area contributed by atoms with E-state index in [2.05, 4.69) is 112 Å². The Hall–Kier alpha value is -2.80. The van der Waals surface area contributed by atoms with E-state index in [4.69, 9.17) is 0 Å². The Morgan fingerprint density at radius 2 is 0.829 bits per heavy atom. The van der Waals surface area contributed by atoms with Crippen LogP contribution < -0.4 is 26.6 Å². The highest BCUT2D eigenvalue weighted by Crippen LogP contribution is 2.28. The van der Waals surface area contributed by atoms with Gasteiger partial charge < -0.3 is 26.6 Å². The Kier molecular flexibility index (Phi) is 10.5. The molecule has 4 aromatic rings. The number of hydrogen-bond acceptors (Lipinski definition) is 5. The van der Waals surface area contributed by atoms with Gasteiger partial charge in [0.25, 0.3) is 0 Å². The molecule has 0 aliphatic carbocycles. The topological polar surface area (TPSA) is 60.1 Å². The minimum Gasteiger partial charge on any atom is -0.314 e. The van der Waals surface area contributed by atoms with Crippen molar-refractivity contribution in [3.63, 3.8) is 0 Å². The summed E-state index contributed by atoms with van der Waals surface area (Å²) in [6.07, 6.45) is 0. The van der Waals surface area contributed by atoms with Gasteiger partial charge in [0.1, 0.15) is 0 Å². The van der Waals surface area contributed by atoms with E-state index < -0.39 is 0 Å². The molecule has 0 atom stereocenters. The summed E-state index contributed by atoms with van der Waals surface area (Å²) in [7, 11) is 0. The smallest absolute Gasteiger partial charge is 0.0218 e. The molecule has 0 aliphatic heterocycles. The first kappa shape index (κ1) is 25.3. The van der Waals surface area contributed by atoms with E-state index in [1.807, 2.05) is 0 Å². The van der Waals surface area contributed by atoms with Crippen molar-refractivity contribution in [2.24, 2.45) is 0 Å². The summed E-state index contributed by atoms with van der Waals surface area (Å²) in [4.78, 5) is 0. The molecule has 4 aromatic carbocycles. The summed E-state index contributed by atoms with van der Waals surface area (Å²) in [6, 6.07) is 30.2. The molecule has 0 heterocycles. The van der Waals surface area contributed by atoms with E-state index >= 15 is 0 Å². The van der Waals surface area contributed by atoms with Gasteiger partial charge in [-0.3, -0.25) is 0 Å². The van der Waals surface area contributed by atoms with Crippen LogP contribution in [0.25, 0.3) is 21.5 Å². The van der Waals surface area contributed by atoms with Crippen LogP contribution in [-0.4, -0.2) is 52.4 Å². The Bertz CT molecular complexity index is 1090. The highest BCUT2D eigenvalue weighted by molar-refractivity contribution is 6.02. The van der Waals surface area contributed by atoms with Crippen molar-refractivity contribution >= 4 is 21.5 Å². The lowest BCUT2D eigenvalue weighted by atomic mass is 9.97. The van der Waals surface area contributed by atoms with Crippen molar-refractivity contribution in [3.05, 3.63) is 96.1 Å². The van der Waals surface area contributed by atoms with E-state index in [1.54, 1.807) is 0 Å². The third-order valence-corrected chi connectivity index (χ3v) is 6.27. The second kappa shape index (κ2) is 14.6. The molecule has 5 nitrogen and oxygen atoms in total. The molecule has 0 aliphatic rings. The lowest BCUT2D eigenvalue weighted by Gasteiger charge is -2.13. The van der Waals surface area contributed by atoms with Gasteiger partial charge in [-0.15, -0.1) is 0 Å². The molecular formula is C30H39N5. The van der Waals surface area contributed by atoms with Crippen LogP contribution in [0.4, 0.5) is 0 Å². The van der Waals surface area contributed by atoms with Crippen LogP contribution >= 0.6 is 0 Å². The van der Waals surface area contributed by atoms with Crippen LogP contribution in [0.1, 0.15) is 11.1 Å². The molecule has 0 saturated carbocycles. The van der Waals surface area contributed by atoms with E-state index in [-0.39, 0.29) is 0 Å². The lowest BCUT2D eigenvalue weighted by Crippen LogP contribution is -2.36. The summed E-state index contributed by atoms with van der Waals surface area (Å²) in [5, 5.41) is 22.9. The zero-order valence-electron chi connectivity index (χ0n) is 20.7. The number of fused-ring (bicyclic) bond motifs is 2. The fourth-order valence-corrected chi connectivity index (χ4v) is 4.42. The van der Waals surface area contributed by atoms with Crippen LogP contribution in [0.2, 0.25) is 0 Å². The van der Waals surface area contributed by atoms with Crippen LogP contribution in [-0.2, 0) is 13.1 Å². The zero-order chi connectivity index (χ0) is 24.0. The summed E-state index contributed by atoms with van der Waals surface area (Å²) < 4.78 is 0. The first-order valence-corrected chi connectivity index (χ1v) is 12.9. The highest BCUT2D eigenvalue weighted by atomic mass is 15.0. The Morgan fingerprint density at radius 1 is 0.400 bits per heavy atom. The van der Waals surface area contributed by atoms with Crippen molar-refractivity contribution in [1.82, 2.24) is 26.6 Å². The van der Waals surface area contributed by atoms with Gasteiger partial charge in [0.15, 0.2) is 0 Å². The minimum atomic E-state index is 0.883. The maximum absolute atomic E-state index is 3.63. The SMILES string of the molecule is c1ccc(CNCCNCCNCCNCCNCc2c3ccccc3cc3ccccc23)cc1. The molecule has 5 heteroatoms. The molecule has 0 aromatic heterocycles. The minimum absolute atomic E-state index is 0.883. The number of hydrogen-bond donors (Lipinski definition) is 5. The first-order valence-electron chi connectivity index (χ1n) is 12.9. The van der Waals surface area contributed by atoms with Crippen LogP contribution in [0.15, 0.2) is 84.9 Å². The fourth-order valence-electron chi connectivity index (χ4n) is 4.42. The van der Waals surface area contributed by atoms with Gasteiger partial charge in [0.2, 0.25) is 0 Å². The van der Waals surface area contributed by atoms with Gasteiger partial charge >= 0.3 is 0 Å². The fraction of sp³-hybridized carbons (Fsp3) is 0.333. The van der Waals surface area contributed by atoms with Crippen LogP contribution in [0, 0.1) is 0 Å². The average Bonchev–Trinajstić information content (AvgIpc) is 2.91. The van der Waals surface area contributed by atoms with Crippen molar-refractivity contribution in [2.75, 3.05) is 52.4 Å². The first-order chi connectivity index (χ1) is 17.4. The molecule has 0 unspecified atom stereocenters. The van der Waals surface area contributed by atoms with Crippen LogP contribution in [0.5, 0.6) is 0 Å². The van der Waals surface area contributed by atoms with E-state index in [9.17, 15) is 0 Å². The highest BCUT2D eigenvalue weighted by Gasteiger charge is 2.06. The largest absolute Gasteiger partial charge is 0.314 e. The van der Waals surface area contributed by atoms with E-state index in [0.717, 1.165) is 65.4 Å². The second-order valence-electron chi connectivity index (χ2n) is 8.89. The van der Waals surface area contributed by atoms with Gasteiger partial charge in [-0.05, 0) is 38.7 Å². The molecule has 184 valence electrons. The number of rotatable bonds is 16. The maximum atomic E-state index is 3.63. The molecule has 0 saturated heterocycles. The summed E-state index contributed by atoms with van der Waals surface area (Å²) in [6.45, 7) is 9.67. The molecule has 0 amide bonds. The Balaban J connectivity index is 1.02. The zero-order valence-corrected chi connectivity index (χ0v) is 20.7. The molecule has 5 N–H and O–H groups in total. The Morgan fingerprint density at radius 3 is 1.37 bits per heavy atom. The quantitative estimate of drug-likeness (QED) is 0.128. The molecule has 0 spiro atoms. The monoisotopic (exact) mass is 469 g/mol.